The van der Waals surface area contributed by atoms with Crippen molar-refractivity contribution in [1.82, 2.24) is 5.32 Å². The highest BCUT2D eigenvalue weighted by Crippen LogP contribution is 2.19. The lowest BCUT2D eigenvalue weighted by Gasteiger charge is -2.18. The Hall–Kier alpha value is -2.49. The Morgan fingerprint density at radius 3 is 2.46 bits per heavy atom. The number of hydrogen-bond acceptors (Lipinski definition) is 3. The van der Waals surface area contributed by atoms with Crippen LogP contribution in [-0.2, 0) is 11.2 Å². The van der Waals surface area contributed by atoms with Gasteiger partial charge in [0.2, 0.25) is 0 Å². The number of aryl methyl sites for hydroxylation is 3. The van der Waals surface area contributed by atoms with Gasteiger partial charge in [0.05, 0.1) is 6.54 Å². The summed E-state index contributed by atoms with van der Waals surface area (Å²) in [5, 5.41) is 2.89. The quantitative estimate of drug-likeness (QED) is 0.685. The molecule has 0 saturated heterocycles. The Morgan fingerprint density at radius 2 is 1.81 bits per heavy atom. The summed E-state index contributed by atoms with van der Waals surface area (Å²) in [6.07, 6.45) is 1.10. The zero-order chi connectivity index (χ0) is 18.9. The van der Waals surface area contributed by atoms with Gasteiger partial charge in [-0.1, -0.05) is 38.1 Å². The van der Waals surface area contributed by atoms with E-state index in [1.165, 1.54) is 5.56 Å². The van der Waals surface area contributed by atoms with Gasteiger partial charge in [0, 0.05) is 0 Å². The monoisotopic (exact) mass is 355 g/mol. The molecule has 0 aliphatic carbocycles. The van der Waals surface area contributed by atoms with E-state index < -0.39 is 6.10 Å². The van der Waals surface area contributed by atoms with Crippen LogP contribution in [0.4, 0.5) is 0 Å². The molecule has 0 aliphatic rings. The maximum Gasteiger partial charge on any atom is 0.261 e. The van der Waals surface area contributed by atoms with E-state index in [4.69, 9.17) is 9.47 Å². The number of rotatable bonds is 9. The third kappa shape index (κ3) is 5.80. The van der Waals surface area contributed by atoms with Crippen molar-refractivity contribution in [2.75, 3.05) is 13.2 Å². The van der Waals surface area contributed by atoms with Crippen molar-refractivity contribution in [1.29, 1.82) is 0 Å². The molecule has 0 radical (unpaired) electrons. The Balaban J connectivity index is 1.80. The van der Waals surface area contributed by atoms with Crippen LogP contribution < -0.4 is 14.8 Å². The molecule has 2 rings (SSSR count). The van der Waals surface area contributed by atoms with Crippen LogP contribution in [0.3, 0.4) is 0 Å². The van der Waals surface area contributed by atoms with Crippen molar-refractivity contribution in [3.8, 4) is 11.5 Å². The summed E-state index contributed by atoms with van der Waals surface area (Å²) < 4.78 is 11.6. The molecule has 0 heterocycles. The first-order chi connectivity index (χ1) is 12.5. The molecule has 4 nitrogen and oxygen atoms in total. The van der Waals surface area contributed by atoms with Crippen LogP contribution in [-0.4, -0.2) is 25.2 Å². The Bertz CT molecular complexity index is 710. The van der Waals surface area contributed by atoms with Gasteiger partial charge in [0.1, 0.15) is 18.1 Å². The van der Waals surface area contributed by atoms with E-state index in [2.05, 4.69) is 18.3 Å². The van der Waals surface area contributed by atoms with Gasteiger partial charge in [0.15, 0.2) is 6.10 Å². The van der Waals surface area contributed by atoms with Crippen LogP contribution in [0.2, 0.25) is 0 Å². The Labute approximate surface area is 156 Å². The molecule has 1 amide bonds. The average Bonchev–Trinajstić information content (AvgIpc) is 2.66. The summed E-state index contributed by atoms with van der Waals surface area (Å²) in [5.41, 5.74) is 3.49. The first kappa shape index (κ1) is 19.8. The van der Waals surface area contributed by atoms with Gasteiger partial charge in [-0.2, -0.15) is 0 Å². The minimum absolute atomic E-state index is 0.114. The summed E-state index contributed by atoms with van der Waals surface area (Å²) in [4.78, 5) is 12.3. The molecule has 2 aromatic rings. The maximum atomic E-state index is 12.3. The standard InChI is InChI=1S/C22H29NO3/c1-5-18-9-11-19(12-10-18)26-20(6-2)22(24)23-13-14-25-21-15-16(3)7-8-17(21)4/h7-12,15,20H,5-6,13-14H2,1-4H3,(H,23,24). The van der Waals surface area contributed by atoms with E-state index in [9.17, 15) is 4.79 Å². The van der Waals surface area contributed by atoms with Gasteiger partial charge in [0.25, 0.3) is 5.91 Å². The number of ether oxygens (including phenoxy) is 2. The van der Waals surface area contributed by atoms with E-state index in [1.54, 1.807) is 0 Å². The molecular formula is C22H29NO3. The summed E-state index contributed by atoms with van der Waals surface area (Å²) in [7, 11) is 0. The molecule has 0 fully saturated rings. The second kappa shape index (κ2) is 9.85. The summed E-state index contributed by atoms with van der Waals surface area (Å²) in [6.45, 7) is 8.97. The molecule has 0 aliphatic heterocycles. The fraction of sp³-hybridized carbons (Fsp3) is 0.409. The van der Waals surface area contributed by atoms with Crippen molar-refractivity contribution in [2.45, 2.75) is 46.6 Å². The van der Waals surface area contributed by atoms with Gasteiger partial charge in [-0.3, -0.25) is 4.79 Å². The highest BCUT2D eigenvalue weighted by atomic mass is 16.5. The molecule has 0 aromatic heterocycles. The number of carbonyl (C=O) groups is 1. The summed E-state index contributed by atoms with van der Waals surface area (Å²) >= 11 is 0. The second-order valence-corrected chi connectivity index (χ2v) is 6.42. The van der Waals surface area contributed by atoms with Crippen LogP contribution in [0, 0.1) is 13.8 Å². The lowest BCUT2D eigenvalue weighted by atomic mass is 10.1. The van der Waals surface area contributed by atoms with Crippen LogP contribution >= 0.6 is 0 Å². The number of benzene rings is 2. The minimum Gasteiger partial charge on any atom is -0.491 e. The molecule has 2 aromatic carbocycles. The highest BCUT2D eigenvalue weighted by molar-refractivity contribution is 5.81. The van der Waals surface area contributed by atoms with Crippen molar-refractivity contribution >= 4 is 5.91 Å². The fourth-order valence-corrected chi connectivity index (χ4v) is 2.60. The lowest BCUT2D eigenvalue weighted by molar-refractivity contribution is -0.128. The molecule has 0 spiro atoms. The van der Waals surface area contributed by atoms with Crippen molar-refractivity contribution in [2.24, 2.45) is 0 Å². The van der Waals surface area contributed by atoms with Crippen LogP contribution in [0.1, 0.15) is 37.0 Å². The third-order valence-electron chi connectivity index (χ3n) is 4.28. The molecule has 4 heteroatoms. The third-order valence-corrected chi connectivity index (χ3v) is 4.28. The number of amides is 1. The number of nitrogens with one attached hydrogen (secondary N) is 1. The first-order valence-corrected chi connectivity index (χ1v) is 9.26. The van der Waals surface area contributed by atoms with Crippen LogP contribution in [0.15, 0.2) is 42.5 Å². The van der Waals surface area contributed by atoms with E-state index in [0.29, 0.717) is 19.6 Å². The van der Waals surface area contributed by atoms with Gasteiger partial charge in [-0.25, -0.2) is 0 Å². The molecular weight excluding hydrogens is 326 g/mol. The second-order valence-electron chi connectivity index (χ2n) is 6.42. The number of carbonyl (C=O) groups excluding carboxylic acids is 1. The topological polar surface area (TPSA) is 47.6 Å². The van der Waals surface area contributed by atoms with Crippen molar-refractivity contribution in [3.05, 3.63) is 59.2 Å². The zero-order valence-corrected chi connectivity index (χ0v) is 16.2. The maximum absolute atomic E-state index is 12.3. The normalized spacial score (nSPS) is 11.7. The van der Waals surface area contributed by atoms with Crippen molar-refractivity contribution in [3.63, 3.8) is 0 Å². The summed E-state index contributed by atoms with van der Waals surface area (Å²) in [5.74, 6) is 1.46. The molecule has 1 N–H and O–H groups in total. The molecule has 140 valence electrons. The smallest absolute Gasteiger partial charge is 0.261 e. The fourth-order valence-electron chi connectivity index (χ4n) is 2.60. The van der Waals surface area contributed by atoms with Crippen molar-refractivity contribution < 1.29 is 14.3 Å². The molecule has 0 saturated carbocycles. The predicted octanol–water partition coefficient (Wildman–Crippen LogP) is 4.22. The first-order valence-electron chi connectivity index (χ1n) is 9.26. The number of hydrogen-bond donors (Lipinski definition) is 1. The van der Waals surface area contributed by atoms with E-state index in [0.717, 1.165) is 29.0 Å². The lowest BCUT2D eigenvalue weighted by Crippen LogP contribution is -2.39. The molecule has 26 heavy (non-hydrogen) atoms. The SMILES string of the molecule is CCc1ccc(OC(CC)C(=O)NCCOc2cc(C)ccc2C)cc1. The Morgan fingerprint density at radius 1 is 1.08 bits per heavy atom. The highest BCUT2D eigenvalue weighted by Gasteiger charge is 2.17. The zero-order valence-electron chi connectivity index (χ0n) is 16.2. The van der Waals surface area contributed by atoms with Crippen LogP contribution in [0.5, 0.6) is 11.5 Å². The summed E-state index contributed by atoms with van der Waals surface area (Å²) in [6, 6.07) is 14.0. The average molecular weight is 355 g/mol. The molecule has 1 atom stereocenters. The largest absolute Gasteiger partial charge is 0.491 e. The Kier molecular flexibility index (Phi) is 7.52. The predicted molar refractivity (Wildman–Crippen MR) is 105 cm³/mol. The van der Waals surface area contributed by atoms with Gasteiger partial charge in [-0.15, -0.1) is 0 Å². The van der Waals surface area contributed by atoms with Gasteiger partial charge >= 0.3 is 0 Å². The van der Waals surface area contributed by atoms with E-state index in [-0.39, 0.29) is 5.91 Å². The van der Waals surface area contributed by atoms with Gasteiger partial charge in [-0.05, 0) is 61.6 Å². The molecule has 1 unspecified atom stereocenters. The van der Waals surface area contributed by atoms with E-state index in [1.807, 2.05) is 57.2 Å². The van der Waals surface area contributed by atoms with Crippen LogP contribution in [0.25, 0.3) is 0 Å². The van der Waals surface area contributed by atoms with E-state index >= 15 is 0 Å². The van der Waals surface area contributed by atoms with Gasteiger partial charge < -0.3 is 14.8 Å². The minimum atomic E-state index is -0.497. The molecule has 0 bridgehead atoms.